The number of aryl methyl sites for hydroxylation is 1. The zero-order chi connectivity index (χ0) is 20.7. The number of amides is 2. The maximum atomic E-state index is 12.8. The highest BCUT2D eigenvalue weighted by atomic mass is 16.2. The van der Waals surface area contributed by atoms with Crippen molar-refractivity contribution in [3.8, 4) is 0 Å². The fourth-order valence-electron chi connectivity index (χ4n) is 7.05. The van der Waals surface area contributed by atoms with E-state index in [2.05, 4.69) is 35.3 Å². The zero-order valence-corrected chi connectivity index (χ0v) is 19.0. The lowest BCUT2D eigenvalue weighted by atomic mass is 9.73. The second kappa shape index (κ2) is 8.18. The summed E-state index contributed by atoms with van der Waals surface area (Å²) in [6, 6.07) is 7.56. The number of likely N-dealkylation sites (tertiary alicyclic amines) is 1. The first-order chi connectivity index (χ1) is 14.6. The average molecular weight is 412 g/mol. The van der Waals surface area contributed by atoms with Crippen LogP contribution in [0.1, 0.15) is 77.3 Å². The molecule has 2 amide bonds. The Morgan fingerprint density at radius 2 is 1.83 bits per heavy atom. The van der Waals surface area contributed by atoms with E-state index in [0.717, 1.165) is 30.1 Å². The van der Waals surface area contributed by atoms with Gasteiger partial charge in [0, 0.05) is 31.7 Å². The number of anilines is 1. The number of piperidine rings is 1. The molecule has 5 rings (SSSR count). The lowest BCUT2D eigenvalue weighted by molar-refractivity contribution is 0.0903. The minimum absolute atomic E-state index is 0. The second-order valence-electron chi connectivity index (χ2n) is 10.6. The summed E-state index contributed by atoms with van der Waals surface area (Å²) in [5.41, 5.74) is 4.02. The molecule has 1 N–H and O–H groups in total. The topological polar surface area (TPSA) is 35.6 Å². The van der Waals surface area contributed by atoms with Crippen molar-refractivity contribution < 1.29 is 6.22 Å². The molecule has 0 radical (unpaired) electrons. The van der Waals surface area contributed by atoms with Crippen molar-refractivity contribution in [2.24, 2.45) is 11.8 Å². The molecule has 4 aliphatic rings. The highest BCUT2D eigenvalue weighted by Crippen LogP contribution is 2.48. The molecule has 0 aromatic heterocycles. The monoisotopic (exact) mass is 411 g/mol. The summed E-state index contributed by atoms with van der Waals surface area (Å²) < 4.78 is 0. The van der Waals surface area contributed by atoms with E-state index in [4.69, 9.17) is 0 Å². The van der Waals surface area contributed by atoms with Gasteiger partial charge in [-0.1, -0.05) is 49.8 Å². The van der Waals surface area contributed by atoms with Crippen LogP contribution in [0.5, 0.6) is 0 Å². The highest BCUT2D eigenvalue weighted by molar-refractivity contribution is 5.95. The molecule has 1 aromatic rings. The molecule has 2 aliphatic carbocycles. The molecule has 2 aliphatic heterocycles. The quantitative estimate of drug-likeness (QED) is 0.699. The Labute approximate surface area is 183 Å². The van der Waals surface area contributed by atoms with E-state index in [1.807, 2.05) is 11.8 Å². The Bertz CT molecular complexity index is 775. The van der Waals surface area contributed by atoms with Gasteiger partial charge in [-0.05, 0) is 76.1 Å². The molecule has 30 heavy (non-hydrogen) atoms. The number of benzene rings is 1. The minimum atomic E-state index is 0. The zero-order valence-electron chi connectivity index (χ0n) is 19.0. The molecule has 2 saturated carbocycles. The third kappa shape index (κ3) is 3.66. The van der Waals surface area contributed by atoms with Gasteiger partial charge in [-0.2, -0.15) is 0 Å². The summed E-state index contributed by atoms with van der Waals surface area (Å²) >= 11 is 0. The van der Waals surface area contributed by atoms with Gasteiger partial charge < -0.3 is 10.2 Å². The van der Waals surface area contributed by atoms with Crippen LogP contribution in [0, 0.1) is 18.8 Å². The molecule has 2 unspecified atom stereocenters. The maximum absolute atomic E-state index is 12.8. The summed E-state index contributed by atoms with van der Waals surface area (Å²) in [7, 11) is 0. The number of nitrogens with one attached hydrogen (secondary N) is 1. The third-order valence-electron chi connectivity index (χ3n) is 8.74. The van der Waals surface area contributed by atoms with E-state index in [-0.39, 0.29) is 12.9 Å². The number of carbonyl (C=O) groups is 1. The van der Waals surface area contributed by atoms with Gasteiger partial charge in [-0.25, -0.2) is 4.79 Å². The van der Waals surface area contributed by atoms with E-state index >= 15 is 0 Å². The van der Waals surface area contributed by atoms with Crippen LogP contribution in [0.15, 0.2) is 18.2 Å². The standard InChI is InChI=1S/C26H39N3O.H2/c1-3-27-25(30)29-18-26(23-15-19(2)7-10-24(23)29)11-13-28(14-12-26)22-16-20-5-4-6-21(17-22)9-8-20;/h7,10,15,20-22H,3-6,8-9,11-14,16-18H2,1-2H3,(H,27,30);1H. The molecular formula is C26H41N3O. The van der Waals surface area contributed by atoms with Crippen LogP contribution < -0.4 is 10.2 Å². The summed E-state index contributed by atoms with van der Waals surface area (Å²) in [6.07, 6.45) is 12.6. The molecule has 2 heterocycles. The summed E-state index contributed by atoms with van der Waals surface area (Å²) in [5, 5.41) is 3.03. The number of fused-ring (bicyclic) bond motifs is 5. The SMILES string of the molecule is CCNC(=O)N1CC2(CCN(C3CC4CCCC(CC4)C3)CC2)c2cc(C)ccc21.[HH]. The van der Waals surface area contributed by atoms with Gasteiger partial charge in [-0.3, -0.25) is 4.90 Å². The number of rotatable bonds is 2. The van der Waals surface area contributed by atoms with Crippen molar-refractivity contribution in [2.75, 3.05) is 31.1 Å². The molecule has 4 heteroatoms. The number of hydrogen-bond donors (Lipinski definition) is 1. The summed E-state index contributed by atoms with van der Waals surface area (Å²) in [6.45, 7) is 8.10. The lowest BCUT2D eigenvalue weighted by Gasteiger charge is -2.44. The molecule has 1 spiro atoms. The van der Waals surface area contributed by atoms with Gasteiger partial charge in [-0.15, -0.1) is 0 Å². The van der Waals surface area contributed by atoms with Crippen molar-refractivity contribution in [3.63, 3.8) is 0 Å². The number of hydrogen-bond acceptors (Lipinski definition) is 2. The molecule has 166 valence electrons. The minimum Gasteiger partial charge on any atom is -0.338 e. The highest BCUT2D eigenvalue weighted by Gasteiger charge is 2.47. The van der Waals surface area contributed by atoms with E-state index in [9.17, 15) is 4.79 Å². The van der Waals surface area contributed by atoms with E-state index in [1.165, 1.54) is 82.0 Å². The first-order valence-corrected chi connectivity index (χ1v) is 12.5. The Morgan fingerprint density at radius 1 is 1.13 bits per heavy atom. The van der Waals surface area contributed by atoms with Crippen LogP contribution in [-0.2, 0) is 5.41 Å². The molecule has 2 bridgehead atoms. The van der Waals surface area contributed by atoms with Crippen LogP contribution in [-0.4, -0.2) is 43.2 Å². The summed E-state index contributed by atoms with van der Waals surface area (Å²) in [5.74, 6) is 1.95. The van der Waals surface area contributed by atoms with Crippen molar-refractivity contribution >= 4 is 11.7 Å². The van der Waals surface area contributed by atoms with E-state index in [0.29, 0.717) is 6.54 Å². The molecular weight excluding hydrogens is 370 g/mol. The van der Waals surface area contributed by atoms with Crippen LogP contribution in [0.2, 0.25) is 0 Å². The number of carbonyl (C=O) groups excluding carboxylic acids is 1. The van der Waals surface area contributed by atoms with Gasteiger partial charge in [0.25, 0.3) is 0 Å². The fraction of sp³-hybridized carbons (Fsp3) is 0.731. The number of nitrogens with zero attached hydrogens (tertiary/aromatic N) is 2. The van der Waals surface area contributed by atoms with Crippen molar-refractivity contribution in [3.05, 3.63) is 29.3 Å². The normalized spacial score (nSPS) is 30.7. The van der Waals surface area contributed by atoms with Crippen LogP contribution >= 0.6 is 0 Å². The lowest BCUT2D eigenvalue weighted by Crippen LogP contribution is -2.50. The molecule has 2 atom stereocenters. The van der Waals surface area contributed by atoms with Crippen molar-refractivity contribution in [1.82, 2.24) is 10.2 Å². The Morgan fingerprint density at radius 3 is 2.50 bits per heavy atom. The first kappa shape index (κ1) is 20.4. The molecule has 1 aromatic carbocycles. The predicted octanol–water partition coefficient (Wildman–Crippen LogP) is 5.48. The van der Waals surface area contributed by atoms with Crippen LogP contribution in [0.3, 0.4) is 0 Å². The largest absolute Gasteiger partial charge is 0.338 e. The average Bonchev–Trinajstić information content (AvgIpc) is 2.90. The fourth-order valence-corrected chi connectivity index (χ4v) is 7.05. The maximum Gasteiger partial charge on any atom is 0.321 e. The predicted molar refractivity (Wildman–Crippen MR) is 125 cm³/mol. The van der Waals surface area contributed by atoms with Crippen molar-refractivity contribution in [1.29, 1.82) is 0 Å². The Balaban J connectivity index is 0.00000231. The van der Waals surface area contributed by atoms with Crippen LogP contribution in [0.4, 0.5) is 10.5 Å². The van der Waals surface area contributed by atoms with E-state index < -0.39 is 0 Å². The summed E-state index contributed by atoms with van der Waals surface area (Å²) in [4.78, 5) is 17.6. The third-order valence-corrected chi connectivity index (χ3v) is 8.74. The van der Waals surface area contributed by atoms with Gasteiger partial charge in [0.05, 0.1) is 0 Å². The van der Waals surface area contributed by atoms with Gasteiger partial charge in [0.1, 0.15) is 0 Å². The second-order valence-corrected chi connectivity index (χ2v) is 10.6. The smallest absolute Gasteiger partial charge is 0.321 e. The van der Waals surface area contributed by atoms with Crippen molar-refractivity contribution in [2.45, 2.75) is 83.1 Å². The Hall–Kier alpha value is -1.55. The molecule has 1 saturated heterocycles. The molecule has 3 fully saturated rings. The van der Waals surface area contributed by atoms with Gasteiger partial charge >= 0.3 is 6.03 Å². The Kier molecular flexibility index (Phi) is 5.55. The van der Waals surface area contributed by atoms with Gasteiger partial charge in [0.15, 0.2) is 0 Å². The van der Waals surface area contributed by atoms with Gasteiger partial charge in [0.2, 0.25) is 0 Å². The van der Waals surface area contributed by atoms with E-state index in [1.54, 1.807) is 0 Å². The first-order valence-electron chi connectivity index (χ1n) is 12.5. The molecule has 4 nitrogen and oxygen atoms in total. The number of urea groups is 1. The van der Waals surface area contributed by atoms with Crippen LogP contribution in [0.25, 0.3) is 0 Å².